The second-order valence-corrected chi connectivity index (χ2v) is 7.86. The van der Waals surface area contributed by atoms with Crippen molar-refractivity contribution >= 4 is 25.1 Å². The monoisotopic (exact) mass is 379 g/mol. The minimum absolute atomic E-state index is 0.0786. The van der Waals surface area contributed by atoms with Gasteiger partial charge in [-0.25, -0.2) is 9.97 Å². The van der Waals surface area contributed by atoms with E-state index in [0.29, 0.717) is 17.8 Å². The SMILES string of the molecule is CCc1nc(N2CCC(CCP(O)O)CC2)c2cc(OC)c(O)cc2n1. The van der Waals surface area contributed by atoms with Crippen LogP contribution in [0.3, 0.4) is 0 Å². The molecule has 0 unspecified atom stereocenters. The minimum Gasteiger partial charge on any atom is -0.504 e. The lowest BCUT2D eigenvalue weighted by Crippen LogP contribution is -2.34. The summed E-state index contributed by atoms with van der Waals surface area (Å²) >= 11 is 0. The average molecular weight is 379 g/mol. The third kappa shape index (κ3) is 4.17. The van der Waals surface area contributed by atoms with Gasteiger partial charge in [-0.1, -0.05) is 6.92 Å². The summed E-state index contributed by atoms with van der Waals surface area (Å²) in [6.07, 6.45) is 4.09. The standard InChI is InChI=1S/C18H26N3O4P/c1-3-17-19-14-11-15(22)16(25-2)10-13(14)18(20-17)21-7-4-12(5-8-21)6-9-26(23)24/h10-12,22-24H,3-9H2,1-2H3. The number of phenols is 1. The summed E-state index contributed by atoms with van der Waals surface area (Å²) in [4.78, 5) is 29.8. The molecule has 0 aliphatic carbocycles. The van der Waals surface area contributed by atoms with Crippen molar-refractivity contribution in [2.45, 2.75) is 32.6 Å². The van der Waals surface area contributed by atoms with Gasteiger partial charge in [0.2, 0.25) is 0 Å². The Bertz CT molecular complexity index is 764. The summed E-state index contributed by atoms with van der Waals surface area (Å²) < 4.78 is 5.25. The molecule has 0 atom stereocenters. The van der Waals surface area contributed by atoms with Crippen LogP contribution in [0.2, 0.25) is 0 Å². The van der Waals surface area contributed by atoms with Gasteiger partial charge in [0, 0.05) is 37.1 Å². The predicted molar refractivity (Wildman–Crippen MR) is 103 cm³/mol. The van der Waals surface area contributed by atoms with Crippen molar-refractivity contribution in [3.05, 3.63) is 18.0 Å². The quantitative estimate of drug-likeness (QED) is 0.664. The van der Waals surface area contributed by atoms with Gasteiger partial charge in [0.1, 0.15) is 11.6 Å². The summed E-state index contributed by atoms with van der Waals surface area (Å²) in [5.41, 5.74) is 0.721. The third-order valence-corrected chi connectivity index (χ3v) is 5.65. The Labute approximate surface area is 154 Å². The van der Waals surface area contributed by atoms with Crippen LogP contribution in [0.5, 0.6) is 11.5 Å². The van der Waals surface area contributed by atoms with E-state index < -0.39 is 8.38 Å². The smallest absolute Gasteiger partial charge is 0.164 e. The zero-order valence-corrected chi connectivity index (χ0v) is 16.1. The van der Waals surface area contributed by atoms with Crippen LogP contribution < -0.4 is 9.64 Å². The fourth-order valence-electron chi connectivity index (χ4n) is 3.47. The number of phenolic OH excluding ortho intramolecular Hbond substituents is 1. The molecule has 3 N–H and O–H groups in total. The highest BCUT2D eigenvalue weighted by atomic mass is 31.2. The first kappa shape index (κ1) is 19.1. The summed E-state index contributed by atoms with van der Waals surface area (Å²) in [6, 6.07) is 3.44. The second-order valence-electron chi connectivity index (χ2n) is 6.67. The Kier molecular flexibility index (Phi) is 6.12. The van der Waals surface area contributed by atoms with Crippen molar-refractivity contribution in [2.24, 2.45) is 5.92 Å². The molecule has 3 rings (SSSR count). The largest absolute Gasteiger partial charge is 0.504 e. The summed E-state index contributed by atoms with van der Waals surface area (Å²) in [5.74, 6) is 2.66. The lowest BCUT2D eigenvalue weighted by molar-refractivity contribution is 0.374. The van der Waals surface area contributed by atoms with E-state index in [-0.39, 0.29) is 5.75 Å². The molecule has 1 aliphatic rings. The molecule has 0 bridgehead atoms. The molecule has 0 spiro atoms. The van der Waals surface area contributed by atoms with Gasteiger partial charge in [-0.05, 0) is 31.2 Å². The Morgan fingerprint density at radius 1 is 1.23 bits per heavy atom. The van der Waals surface area contributed by atoms with Gasteiger partial charge in [0.15, 0.2) is 19.9 Å². The lowest BCUT2D eigenvalue weighted by Gasteiger charge is -2.33. The molecule has 2 aromatic rings. The number of hydrogen-bond donors (Lipinski definition) is 3. The number of methoxy groups -OCH3 is 1. The van der Waals surface area contributed by atoms with Crippen molar-refractivity contribution in [3.63, 3.8) is 0 Å². The molecule has 7 nitrogen and oxygen atoms in total. The Hall–Kier alpha value is -1.69. The van der Waals surface area contributed by atoms with Crippen LogP contribution in [-0.2, 0) is 6.42 Å². The van der Waals surface area contributed by atoms with Gasteiger partial charge in [-0.2, -0.15) is 0 Å². The van der Waals surface area contributed by atoms with Gasteiger partial charge < -0.3 is 24.5 Å². The maximum Gasteiger partial charge on any atom is 0.164 e. The number of aryl methyl sites for hydroxylation is 1. The van der Waals surface area contributed by atoms with Crippen LogP contribution >= 0.6 is 8.38 Å². The van der Waals surface area contributed by atoms with Crippen LogP contribution in [-0.4, -0.2) is 51.2 Å². The number of ether oxygens (including phenoxy) is 1. The molecule has 1 aromatic carbocycles. The number of benzene rings is 1. The van der Waals surface area contributed by atoms with Crippen LogP contribution in [0.4, 0.5) is 5.82 Å². The fourth-order valence-corrected chi connectivity index (χ4v) is 4.07. The Morgan fingerprint density at radius 3 is 2.58 bits per heavy atom. The maximum absolute atomic E-state index is 10.1. The van der Waals surface area contributed by atoms with Crippen molar-refractivity contribution in [1.29, 1.82) is 0 Å². The van der Waals surface area contributed by atoms with E-state index in [0.717, 1.165) is 61.3 Å². The molecular weight excluding hydrogens is 353 g/mol. The van der Waals surface area contributed by atoms with Gasteiger partial charge in [0.25, 0.3) is 0 Å². The average Bonchev–Trinajstić information content (AvgIpc) is 2.65. The highest BCUT2D eigenvalue weighted by Gasteiger charge is 2.23. The maximum atomic E-state index is 10.1. The molecule has 1 fully saturated rings. The van der Waals surface area contributed by atoms with E-state index in [9.17, 15) is 5.11 Å². The van der Waals surface area contributed by atoms with Crippen molar-refractivity contribution in [3.8, 4) is 11.5 Å². The number of fused-ring (bicyclic) bond motifs is 1. The van der Waals surface area contributed by atoms with Crippen LogP contribution in [0, 0.1) is 5.92 Å². The number of piperidine rings is 1. The molecule has 1 aliphatic heterocycles. The molecule has 0 saturated carbocycles. The minimum atomic E-state index is -1.79. The number of nitrogens with zero attached hydrogens (tertiary/aromatic N) is 3. The predicted octanol–water partition coefficient (Wildman–Crippen LogP) is 2.81. The molecule has 0 radical (unpaired) electrons. The normalized spacial score (nSPS) is 15.8. The molecule has 0 amide bonds. The third-order valence-electron chi connectivity index (χ3n) is 4.99. The molecule has 26 heavy (non-hydrogen) atoms. The van der Waals surface area contributed by atoms with Gasteiger partial charge >= 0.3 is 0 Å². The van der Waals surface area contributed by atoms with E-state index in [2.05, 4.69) is 9.88 Å². The highest BCUT2D eigenvalue weighted by molar-refractivity contribution is 7.45. The van der Waals surface area contributed by atoms with E-state index in [1.54, 1.807) is 12.1 Å². The highest BCUT2D eigenvalue weighted by Crippen LogP contribution is 2.36. The molecule has 142 valence electrons. The van der Waals surface area contributed by atoms with Crippen LogP contribution in [0.15, 0.2) is 12.1 Å². The number of aromatic nitrogens is 2. The number of hydrogen-bond acceptors (Lipinski definition) is 7. The molecule has 2 heterocycles. The van der Waals surface area contributed by atoms with E-state index >= 15 is 0 Å². The first-order valence-electron chi connectivity index (χ1n) is 8.99. The first-order valence-corrected chi connectivity index (χ1v) is 10.4. The lowest BCUT2D eigenvalue weighted by atomic mass is 9.94. The fraction of sp³-hybridized carbons (Fsp3) is 0.556. The Balaban J connectivity index is 1.87. The summed E-state index contributed by atoms with van der Waals surface area (Å²) in [5, 5.41) is 11.0. The molecular formula is C18H26N3O4P. The molecule has 1 aromatic heterocycles. The van der Waals surface area contributed by atoms with E-state index in [4.69, 9.17) is 19.5 Å². The van der Waals surface area contributed by atoms with Crippen molar-refractivity contribution in [1.82, 2.24) is 9.97 Å². The van der Waals surface area contributed by atoms with Crippen molar-refractivity contribution in [2.75, 3.05) is 31.3 Å². The van der Waals surface area contributed by atoms with Crippen LogP contribution in [0.1, 0.15) is 32.0 Å². The number of rotatable bonds is 6. The van der Waals surface area contributed by atoms with Gasteiger partial charge in [0.05, 0.1) is 12.6 Å². The Morgan fingerprint density at radius 2 is 1.96 bits per heavy atom. The summed E-state index contributed by atoms with van der Waals surface area (Å²) in [7, 11) is -0.259. The zero-order valence-electron chi connectivity index (χ0n) is 15.2. The first-order chi connectivity index (χ1) is 12.5. The zero-order chi connectivity index (χ0) is 18.7. The number of aromatic hydroxyl groups is 1. The molecule has 1 saturated heterocycles. The van der Waals surface area contributed by atoms with Crippen LogP contribution in [0.25, 0.3) is 10.9 Å². The van der Waals surface area contributed by atoms with Gasteiger partial charge in [-0.3, -0.25) is 0 Å². The van der Waals surface area contributed by atoms with E-state index in [1.165, 1.54) is 7.11 Å². The number of anilines is 1. The van der Waals surface area contributed by atoms with Gasteiger partial charge in [-0.15, -0.1) is 0 Å². The summed E-state index contributed by atoms with van der Waals surface area (Å²) in [6.45, 7) is 3.76. The van der Waals surface area contributed by atoms with Crippen molar-refractivity contribution < 1.29 is 19.6 Å². The van der Waals surface area contributed by atoms with E-state index in [1.807, 2.05) is 6.92 Å². The molecule has 8 heteroatoms. The topological polar surface area (TPSA) is 98.9 Å². The second kappa shape index (κ2) is 8.33.